The highest BCUT2D eigenvalue weighted by atomic mass is 16.5. The molecule has 2 heterocycles. The number of aryl methyl sites for hydroxylation is 1. The van der Waals surface area contributed by atoms with Crippen LogP contribution in [0.15, 0.2) is 24.3 Å². The number of amides is 1. The summed E-state index contributed by atoms with van der Waals surface area (Å²) in [4.78, 5) is 25.5. The summed E-state index contributed by atoms with van der Waals surface area (Å²) < 4.78 is 15.7. The third-order valence-electron chi connectivity index (χ3n) is 4.53. The molecule has 1 aromatic carbocycles. The van der Waals surface area contributed by atoms with E-state index in [1.54, 1.807) is 39.5 Å². The number of carbonyl (C=O) groups excluding carboxylic acids is 1. The molecule has 1 aromatic heterocycles. The van der Waals surface area contributed by atoms with E-state index in [1.807, 2.05) is 17.9 Å². The van der Waals surface area contributed by atoms with Crippen LogP contribution in [0.1, 0.15) is 16.2 Å². The third-order valence-corrected chi connectivity index (χ3v) is 4.53. The van der Waals surface area contributed by atoms with Crippen LogP contribution in [0.2, 0.25) is 0 Å². The predicted octanol–water partition coefficient (Wildman–Crippen LogP) is 1.77. The van der Waals surface area contributed by atoms with Gasteiger partial charge >= 0.3 is 0 Å². The zero-order valence-corrected chi connectivity index (χ0v) is 16.1. The van der Waals surface area contributed by atoms with E-state index in [4.69, 9.17) is 14.2 Å². The second kappa shape index (κ2) is 8.11. The van der Waals surface area contributed by atoms with Crippen molar-refractivity contribution in [3.8, 4) is 17.4 Å². The molecule has 1 aliphatic rings. The van der Waals surface area contributed by atoms with Gasteiger partial charge in [-0.2, -0.15) is 4.98 Å². The van der Waals surface area contributed by atoms with Crippen molar-refractivity contribution in [3.05, 3.63) is 35.7 Å². The van der Waals surface area contributed by atoms with Gasteiger partial charge in [0.1, 0.15) is 11.6 Å². The molecule has 2 aromatic rings. The van der Waals surface area contributed by atoms with Gasteiger partial charge in [-0.05, 0) is 25.1 Å². The molecule has 1 saturated heterocycles. The molecule has 0 bridgehead atoms. The van der Waals surface area contributed by atoms with Gasteiger partial charge in [0.25, 0.3) is 5.91 Å². The summed E-state index contributed by atoms with van der Waals surface area (Å²) in [5.41, 5.74) is 0.584. The lowest BCUT2D eigenvalue weighted by molar-refractivity contribution is 0.0746. The van der Waals surface area contributed by atoms with Crippen LogP contribution in [-0.4, -0.2) is 68.3 Å². The second-order valence-electron chi connectivity index (χ2n) is 6.16. The summed E-state index contributed by atoms with van der Waals surface area (Å²) in [6.07, 6.45) is 0. The lowest BCUT2D eigenvalue weighted by Gasteiger charge is -2.35. The molecule has 1 amide bonds. The van der Waals surface area contributed by atoms with Gasteiger partial charge in [0, 0.05) is 37.8 Å². The Hall–Kier alpha value is -3.03. The van der Waals surface area contributed by atoms with E-state index >= 15 is 0 Å². The fraction of sp³-hybridized carbons (Fsp3) is 0.421. The van der Waals surface area contributed by atoms with E-state index in [2.05, 4.69) is 14.9 Å². The number of nitrogens with zero attached hydrogens (tertiary/aromatic N) is 4. The number of hydrogen-bond donors (Lipinski definition) is 0. The van der Waals surface area contributed by atoms with Gasteiger partial charge < -0.3 is 24.0 Å². The van der Waals surface area contributed by atoms with Gasteiger partial charge in [-0.1, -0.05) is 0 Å². The molecular formula is C19H24N4O4. The van der Waals surface area contributed by atoms with E-state index < -0.39 is 0 Å². The summed E-state index contributed by atoms with van der Waals surface area (Å²) in [6.45, 7) is 4.44. The Morgan fingerprint density at radius 2 is 1.63 bits per heavy atom. The minimum absolute atomic E-state index is 0.0212. The van der Waals surface area contributed by atoms with E-state index in [-0.39, 0.29) is 5.91 Å². The summed E-state index contributed by atoms with van der Waals surface area (Å²) >= 11 is 0. The molecule has 0 aliphatic carbocycles. The molecule has 0 unspecified atom stereocenters. The van der Waals surface area contributed by atoms with Crippen molar-refractivity contribution in [2.75, 3.05) is 52.4 Å². The van der Waals surface area contributed by atoms with E-state index in [9.17, 15) is 4.79 Å². The molecule has 3 rings (SSSR count). The summed E-state index contributed by atoms with van der Waals surface area (Å²) in [6, 6.07) is 7.04. The van der Waals surface area contributed by atoms with Gasteiger partial charge in [-0.25, -0.2) is 4.98 Å². The van der Waals surface area contributed by atoms with Crippen LogP contribution in [-0.2, 0) is 0 Å². The number of anilines is 1. The average Bonchev–Trinajstić information content (AvgIpc) is 2.72. The van der Waals surface area contributed by atoms with E-state index in [0.717, 1.165) is 5.82 Å². The highest BCUT2D eigenvalue weighted by molar-refractivity contribution is 5.95. The van der Waals surface area contributed by atoms with Gasteiger partial charge in [0.2, 0.25) is 5.88 Å². The Labute approximate surface area is 158 Å². The smallest absolute Gasteiger partial charge is 0.254 e. The van der Waals surface area contributed by atoms with Crippen LogP contribution < -0.4 is 19.1 Å². The fourth-order valence-electron chi connectivity index (χ4n) is 3.08. The number of methoxy groups -OCH3 is 3. The first kappa shape index (κ1) is 18.8. The Balaban J connectivity index is 1.68. The molecular weight excluding hydrogens is 348 g/mol. The summed E-state index contributed by atoms with van der Waals surface area (Å²) in [7, 11) is 4.72. The Kier molecular flexibility index (Phi) is 5.63. The van der Waals surface area contributed by atoms with Gasteiger partial charge in [-0.3, -0.25) is 4.79 Å². The summed E-state index contributed by atoms with van der Waals surface area (Å²) in [5, 5.41) is 0. The maximum atomic E-state index is 12.8. The number of rotatable bonds is 5. The zero-order chi connectivity index (χ0) is 19.4. The van der Waals surface area contributed by atoms with Crippen LogP contribution in [0.25, 0.3) is 0 Å². The monoisotopic (exact) mass is 372 g/mol. The molecule has 8 nitrogen and oxygen atoms in total. The second-order valence-corrected chi connectivity index (χ2v) is 6.16. The number of aromatic nitrogens is 2. The first-order chi connectivity index (χ1) is 13.0. The standard InChI is InChI=1S/C19H24N4O4/c1-13-20-17(12-18(21-13)27-4)22-7-9-23(10-8-22)19(24)14-5-6-15(25-2)16(11-14)26-3/h5-6,11-12H,7-10H2,1-4H3. The Morgan fingerprint density at radius 1 is 0.926 bits per heavy atom. The third kappa shape index (κ3) is 4.05. The van der Waals surface area contributed by atoms with Crippen molar-refractivity contribution in [2.24, 2.45) is 0 Å². The minimum atomic E-state index is -0.0212. The van der Waals surface area contributed by atoms with Gasteiger partial charge in [0.15, 0.2) is 11.5 Å². The van der Waals surface area contributed by atoms with Crippen molar-refractivity contribution in [1.82, 2.24) is 14.9 Å². The molecule has 0 atom stereocenters. The number of ether oxygens (including phenoxy) is 3. The highest BCUT2D eigenvalue weighted by Gasteiger charge is 2.24. The number of benzene rings is 1. The highest BCUT2D eigenvalue weighted by Crippen LogP contribution is 2.28. The molecule has 0 N–H and O–H groups in total. The molecule has 8 heteroatoms. The van der Waals surface area contributed by atoms with E-state index in [1.165, 1.54) is 0 Å². The maximum Gasteiger partial charge on any atom is 0.254 e. The Bertz CT molecular complexity index is 819. The molecule has 0 spiro atoms. The van der Waals surface area contributed by atoms with Gasteiger partial charge in [-0.15, -0.1) is 0 Å². The quantitative estimate of drug-likeness (QED) is 0.792. The van der Waals surface area contributed by atoms with Gasteiger partial charge in [0.05, 0.1) is 21.3 Å². The largest absolute Gasteiger partial charge is 0.493 e. The molecule has 0 saturated carbocycles. The van der Waals surface area contributed by atoms with Crippen LogP contribution in [0, 0.1) is 6.92 Å². The first-order valence-corrected chi connectivity index (χ1v) is 8.71. The zero-order valence-electron chi connectivity index (χ0n) is 16.1. The average molecular weight is 372 g/mol. The van der Waals surface area contributed by atoms with Crippen molar-refractivity contribution >= 4 is 11.7 Å². The molecule has 1 fully saturated rings. The van der Waals surface area contributed by atoms with Crippen LogP contribution in [0.4, 0.5) is 5.82 Å². The van der Waals surface area contributed by atoms with Crippen molar-refractivity contribution in [2.45, 2.75) is 6.92 Å². The topological polar surface area (TPSA) is 77.0 Å². The molecule has 27 heavy (non-hydrogen) atoms. The number of piperazine rings is 1. The lowest BCUT2D eigenvalue weighted by Crippen LogP contribution is -2.49. The maximum absolute atomic E-state index is 12.8. The molecule has 0 radical (unpaired) electrons. The number of hydrogen-bond acceptors (Lipinski definition) is 7. The van der Waals surface area contributed by atoms with Crippen molar-refractivity contribution < 1.29 is 19.0 Å². The number of carbonyl (C=O) groups is 1. The van der Waals surface area contributed by atoms with Crippen LogP contribution in [0.5, 0.6) is 17.4 Å². The Morgan fingerprint density at radius 3 is 2.26 bits per heavy atom. The lowest BCUT2D eigenvalue weighted by atomic mass is 10.1. The summed E-state index contributed by atoms with van der Waals surface area (Å²) in [5.74, 6) is 3.15. The molecule has 1 aliphatic heterocycles. The van der Waals surface area contributed by atoms with Crippen LogP contribution in [0.3, 0.4) is 0 Å². The fourth-order valence-corrected chi connectivity index (χ4v) is 3.08. The minimum Gasteiger partial charge on any atom is -0.493 e. The van der Waals surface area contributed by atoms with E-state index in [0.29, 0.717) is 54.9 Å². The van der Waals surface area contributed by atoms with Crippen molar-refractivity contribution in [3.63, 3.8) is 0 Å². The predicted molar refractivity (Wildman–Crippen MR) is 101 cm³/mol. The van der Waals surface area contributed by atoms with Crippen molar-refractivity contribution in [1.29, 1.82) is 0 Å². The molecule has 144 valence electrons. The van der Waals surface area contributed by atoms with Crippen LogP contribution >= 0.6 is 0 Å². The first-order valence-electron chi connectivity index (χ1n) is 8.71. The normalized spacial score (nSPS) is 14.1. The SMILES string of the molecule is COc1cc(N2CCN(C(=O)c3ccc(OC)c(OC)c3)CC2)nc(C)n1.